The van der Waals surface area contributed by atoms with E-state index in [4.69, 9.17) is 4.74 Å². The molecule has 0 N–H and O–H groups in total. The molecule has 0 heterocycles. The third-order valence-electron chi connectivity index (χ3n) is 2.47. The number of nitrogens with zero attached hydrogens (tertiary/aromatic N) is 2. The van der Waals surface area contributed by atoms with E-state index in [-0.39, 0.29) is 6.10 Å². The molecule has 0 atom stereocenters. The molecule has 0 aliphatic carbocycles. The summed E-state index contributed by atoms with van der Waals surface area (Å²) in [6, 6.07) is 6.49. The molecule has 18 heavy (non-hydrogen) atoms. The van der Waals surface area contributed by atoms with Gasteiger partial charge in [-0.05, 0) is 59.7 Å². The van der Waals surface area contributed by atoms with Crippen molar-refractivity contribution in [3.05, 3.63) is 29.3 Å². The maximum atomic E-state index is 5.87. The third kappa shape index (κ3) is 5.07. The van der Waals surface area contributed by atoms with Crippen LogP contribution in [0.2, 0.25) is 0 Å². The molecule has 1 aromatic rings. The average Bonchev–Trinajstić information content (AvgIpc) is 2.19. The van der Waals surface area contributed by atoms with Crippen LogP contribution in [-0.4, -0.2) is 44.1 Å². The SMILES string of the molecule is CC(C)Oc1ccc(CN(C)C)cc1CN(C)C. The minimum Gasteiger partial charge on any atom is -0.491 e. The Hall–Kier alpha value is -1.06. The zero-order valence-corrected chi connectivity index (χ0v) is 12.5. The summed E-state index contributed by atoms with van der Waals surface area (Å²) in [5, 5.41) is 0. The first-order valence-corrected chi connectivity index (χ1v) is 6.46. The van der Waals surface area contributed by atoms with Crippen molar-refractivity contribution in [2.24, 2.45) is 0 Å². The Labute approximate surface area is 111 Å². The van der Waals surface area contributed by atoms with Crippen LogP contribution >= 0.6 is 0 Å². The molecular formula is C15H26N2O. The van der Waals surface area contributed by atoms with Crippen molar-refractivity contribution in [2.75, 3.05) is 28.2 Å². The fourth-order valence-electron chi connectivity index (χ4n) is 1.93. The Morgan fingerprint density at radius 3 is 2.11 bits per heavy atom. The van der Waals surface area contributed by atoms with Gasteiger partial charge >= 0.3 is 0 Å². The zero-order chi connectivity index (χ0) is 13.7. The molecule has 0 aromatic heterocycles. The molecule has 3 heteroatoms. The van der Waals surface area contributed by atoms with Gasteiger partial charge in [-0.2, -0.15) is 0 Å². The largest absolute Gasteiger partial charge is 0.491 e. The summed E-state index contributed by atoms with van der Waals surface area (Å²) in [6.07, 6.45) is 0.214. The minimum atomic E-state index is 0.214. The van der Waals surface area contributed by atoms with E-state index < -0.39 is 0 Å². The predicted octanol–water partition coefficient (Wildman–Crippen LogP) is 2.60. The molecule has 0 aliphatic heterocycles. The lowest BCUT2D eigenvalue weighted by Gasteiger charge is -2.19. The first-order valence-electron chi connectivity index (χ1n) is 6.46. The standard InChI is InChI=1S/C15H26N2O/c1-12(2)18-15-8-7-13(10-16(3)4)9-14(15)11-17(5)6/h7-9,12H,10-11H2,1-6H3. The Bertz CT molecular complexity index is 373. The lowest BCUT2D eigenvalue weighted by atomic mass is 10.1. The molecule has 1 aromatic carbocycles. The number of hydrogen-bond donors (Lipinski definition) is 0. The van der Waals surface area contributed by atoms with Gasteiger partial charge in [0.15, 0.2) is 0 Å². The highest BCUT2D eigenvalue weighted by molar-refractivity contribution is 5.37. The highest BCUT2D eigenvalue weighted by Crippen LogP contribution is 2.23. The van der Waals surface area contributed by atoms with E-state index in [0.29, 0.717) is 0 Å². The fourth-order valence-corrected chi connectivity index (χ4v) is 1.93. The molecule has 0 radical (unpaired) electrons. The van der Waals surface area contributed by atoms with E-state index in [2.05, 4.69) is 70.0 Å². The molecule has 3 nitrogen and oxygen atoms in total. The Balaban J connectivity index is 2.96. The van der Waals surface area contributed by atoms with E-state index in [1.54, 1.807) is 0 Å². The lowest BCUT2D eigenvalue weighted by molar-refractivity contribution is 0.236. The third-order valence-corrected chi connectivity index (χ3v) is 2.47. The summed E-state index contributed by atoms with van der Waals surface area (Å²) < 4.78 is 5.87. The second kappa shape index (κ2) is 6.76. The van der Waals surface area contributed by atoms with Crippen molar-refractivity contribution in [3.63, 3.8) is 0 Å². The molecule has 0 saturated heterocycles. The summed E-state index contributed by atoms with van der Waals surface area (Å²) in [6.45, 7) is 5.99. The van der Waals surface area contributed by atoms with Crippen molar-refractivity contribution >= 4 is 0 Å². The maximum absolute atomic E-state index is 5.87. The summed E-state index contributed by atoms with van der Waals surface area (Å²) >= 11 is 0. The van der Waals surface area contributed by atoms with Gasteiger partial charge in [-0.1, -0.05) is 6.07 Å². The molecule has 0 unspecified atom stereocenters. The van der Waals surface area contributed by atoms with E-state index in [1.807, 2.05) is 0 Å². The molecule has 0 saturated carbocycles. The van der Waals surface area contributed by atoms with E-state index in [9.17, 15) is 0 Å². The van der Waals surface area contributed by atoms with Crippen LogP contribution in [0.5, 0.6) is 5.75 Å². The van der Waals surface area contributed by atoms with Gasteiger partial charge in [-0.25, -0.2) is 0 Å². The van der Waals surface area contributed by atoms with Crippen LogP contribution in [0, 0.1) is 0 Å². The van der Waals surface area contributed by atoms with Crippen molar-refractivity contribution in [3.8, 4) is 5.75 Å². The quantitative estimate of drug-likeness (QED) is 0.772. The summed E-state index contributed by atoms with van der Waals surface area (Å²) in [5.74, 6) is 1.00. The van der Waals surface area contributed by atoms with Crippen molar-refractivity contribution < 1.29 is 4.74 Å². The zero-order valence-electron chi connectivity index (χ0n) is 12.5. The maximum Gasteiger partial charge on any atom is 0.124 e. The van der Waals surface area contributed by atoms with Crippen LogP contribution in [0.1, 0.15) is 25.0 Å². The molecular weight excluding hydrogens is 224 g/mol. The monoisotopic (exact) mass is 250 g/mol. The summed E-state index contributed by atoms with van der Waals surface area (Å²) in [7, 11) is 8.34. The predicted molar refractivity (Wildman–Crippen MR) is 77.0 cm³/mol. The van der Waals surface area contributed by atoms with Gasteiger partial charge in [-0.3, -0.25) is 0 Å². The lowest BCUT2D eigenvalue weighted by Crippen LogP contribution is -2.15. The molecule has 0 amide bonds. The number of benzene rings is 1. The van der Waals surface area contributed by atoms with Crippen LogP contribution in [0.25, 0.3) is 0 Å². The topological polar surface area (TPSA) is 15.7 Å². The second-order valence-corrected chi connectivity index (χ2v) is 5.58. The van der Waals surface area contributed by atoms with Crippen molar-refractivity contribution in [2.45, 2.75) is 33.0 Å². The van der Waals surface area contributed by atoms with E-state index >= 15 is 0 Å². The number of hydrogen-bond acceptors (Lipinski definition) is 3. The minimum absolute atomic E-state index is 0.214. The number of ether oxygens (including phenoxy) is 1. The van der Waals surface area contributed by atoms with Crippen LogP contribution in [0.3, 0.4) is 0 Å². The Kier molecular flexibility index (Phi) is 5.63. The van der Waals surface area contributed by atoms with Gasteiger partial charge in [0.25, 0.3) is 0 Å². The van der Waals surface area contributed by atoms with Gasteiger partial charge in [0.1, 0.15) is 5.75 Å². The van der Waals surface area contributed by atoms with Crippen LogP contribution in [0.4, 0.5) is 0 Å². The van der Waals surface area contributed by atoms with Gasteiger partial charge in [0.05, 0.1) is 6.10 Å². The van der Waals surface area contributed by atoms with Crippen LogP contribution < -0.4 is 4.74 Å². The Morgan fingerprint density at radius 2 is 1.61 bits per heavy atom. The Morgan fingerprint density at radius 1 is 1.00 bits per heavy atom. The highest BCUT2D eigenvalue weighted by atomic mass is 16.5. The molecule has 1 rings (SSSR count). The van der Waals surface area contributed by atoms with Gasteiger partial charge < -0.3 is 14.5 Å². The fraction of sp³-hybridized carbons (Fsp3) is 0.600. The van der Waals surface area contributed by atoms with Crippen molar-refractivity contribution in [1.29, 1.82) is 0 Å². The van der Waals surface area contributed by atoms with E-state index in [1.165, 1.54) is 11.1 Å². The molecule has 102 valence electrons. The molecule has 0 fully saturated rings. The van der Waals surface area contributed by atoms with Gasteiger partial charge in [-0.15, -0.1) is 0 Å². The highest BCUT2D eigenvalue weighted by Gasteiger charge is 2.08. The second-order valence-electron chi connectivity index (χ2n) is 5.58. The van der Waals surface area contributed by atoms with Gasteiger partial charge in [0, 0.05) is 18.7 Å². The molecule has 0 spiro atoms. The van der Waals surface area contributed by atoms with Gasteiger partial charge in [0.2, 0.25) is 0 Å². The summed E-state index contributed by atoms with van der Waals surface area (Å²) in [5.41, 5.74) is 2.58. The van der Waals surface area contributed by atoms with Crippen LogP contribution in [0.15, 0.2) is 18.2 Å². The van der Waals surface area contributed by atoms with Crippen LogP contribution in [-0.2, 0) is 13.1 Å². The number of rotatable bonds is 6. The average molecular weight is 250 g/mol. The molecule has 0 aliphatic rings. The summed E-state index contributed by atoms with van der Waals surface area (Å²) in [4.78, 5) is 4.35. The van der Waals surface area contributed by atoms with Crippen molar-refractivity contribution in [1.82, 2.24) is 9.80 Å². The first-order chi connectivity index (χ1) is 8.38. The smallest absolute Gasteiger partial charge is 0.124 e. The molecule has 0 bridgehead atoms. The van der Waals surface area contributed by atoms with E-state index in [0.717, 1.165) is 18.8 Å². The normalized spacial score (nSPS) is 11.6. The first kappa shape index (κ1) is 15.0.